The average Bonchev–Trinajstić information content (AvgIpc) is 2.58. The summed E-state index contributed by atoms with van der Waals surface area (Å²) in [7, 11) is 0. The highest BCUT2D eigenvalue weighted by molar-refractivity contribution is 6.33. The lowest BCUT2D eigenvalue weighted by Gasteiger charge is -2.10. The minimum Gasteiger partial charge on any atom is -0.508 e. The average molecular weight is 354 g/mol. The third-order valence-electron chi connectivity index (χ3n) is 3.72. The van der Waals surface area contributed by atoms with Gasteiger partial charge >= 0.3 is 0 Å². The molecule has 25 heavy (non-hydrogen) atoms. The molecule has 6 heteroatoms. The zero-order valence-electron chi connectivity index (χ0n) is 13.5. The molecule has 3 rings (SSSR count). The summed E-state index contributed by atoms with van der Waals surface area (Å²) in [6.45, 7) is 1.95. The van der Waals surface area contributed by atoms with E-state index in [1.165, 1.54) is 12.1 Å². The monoisotopic (exact) mass is 353 g/mol. The highest BCUT2D eigenvalue weighted by Gasteiger charge is 2.12. The van der Waals surface area contributed by atoms with Gasteiger partial charge in [0.2, 0.25) is 0 Å². The van der Waals surface area contributed by atoms with Crippen LogP contribution in [0.25, 0.3) is 11.1 Å². The van der Waals surface area contributed by atoms with Gasteiger partial charge in [-0.05, 0) is 49.4 Å². The van der Waals surface area contributed by atoms with Crippen molar-refractivity contribution in [3.63, 3.8) is 0 Å². The molecule has 0 unspecified atom stereocenters. The predicted octanol–water partition coefficient (Wildman–Crippen LogP) is 4.25. The lowest BCUT2D eigenvalue weighted by molar-refractivity contribution is 0.102. The molecule has 0 fully saturated rings. The van der Waals surface area contributed by atoms with Crippen LogP contribution in [0, 0.1) is 6.92 Å². The smallest absolute Gasteiger partial charge is 0.256 e. The standard InChI is InChI=1S/C19H16ClN3O2/c1-11-2-4-12(5-3-11)19(25)23-17-9-7-14(18(21)22-17)15-10-13(24)6-8-16(15)20/h2-10,24H,1H3,(H3,21,22,23,25). The maximum atomic E-state index is 12.2. The number of carbonyl (C=O) groups excluding carboxylic acids is 1. The largest absolute Gasteiger partial charge is 0.508 e. The topological polar surface area (TPSA) is 88.2 Å². The number of phenols is 1. The molecule has 1 aromatic heterocycles. The number of pyridine rings is 1. The van der Waals surface area contributed by atoms with E-state index in [-0.39, 0.29) is 17.5 Å². The number of hydrogen-bond donors (Lipinski definition) is 3. The number of aryl methyl sites for hydroxylation is 1. The van der Waals surface area contributed by atoms with Crippen molar-refractivity contribution in [1.29, 1.82) is 0 Å². The highest BCUT2D eigenvalue weighted by Crippen LogP contribution is 2.34. The van der Waals surface area contributed by atoms with Crippen LogP contribution in [0.1, 0.15) is 15.9 Å². The lowest BCUT2D eigenvalue weighted by Crippen LogP contribution is -2.13. The quantitative estimate of drug-likeness (QED) is 0.656. The number of anilines is 2. The van der Waals surface area contributed by atoms with Gasteiger partial charge in [-0.1, -0.05) is 29.3 Å². The molecule has 2 aromatic carbocycles. The zero-order valence-corrected chi connectivity index (χ0v) is 14.2. The van der Waals surface area contributed by atoms with Crippen molar-refractivity contribution in [2.75, 3.05) is 11.1 Å². The second kappa shape index (κ2) is 6.83. The molecule has 4 N–H and O–H groups in total. The van der Waals surface area contributed by atoms with Crippen molar-refractivity contribution in [3.8, 4) is 16.9 Å². The molecule has 0 atom stereocenters. The maximum Gasteiger partial charge on any atom is 0.256 e. The number of hydrogen-bond acceptors (Lipinski definition) is 4. The van der Waals surface area contributed by atoms with Crippen LogP contribution in [0.2, 0.25) is 5.02 Å². The molecule has 0 saturated carbocycles. The number of nitrogens with one attached hydrogen (secondary N) is 1. The van der Waals surface area contributed by atoms with Crippen molar-refractivity contribution in [2.24, 2.45) is 0 Å². The number of rotatable bonds is 3. The number of amides is 1. The van der Waals surface area contributed by atoms with Crippen LogP contribution in [0.3, 0.4) is 0 Å². The van der Waals surface area contributed by atoms with E-state index in [0.29, 0.717) is 27.5 Å². The van der Waals surface area contributed by atoms with Gasteiger partial charge < -0.3 is 16.2 Å². The Morgan fingerprint density at radius 2 is 1.80 bits per heavy atom. The fraction of sp³-hybridized carbons (Fsp3) is 0.0526. The Labute approximate surface area is 150 Å². The van der Waals surface area contributed by atoms with Crippen LogP contribution in [-0.4, -0.2) is 16.0 Å². The van der Waals surface area contributed by atoms with Gasteiger partial charge in [-0.2, -0.15) is 0 Å². The number of halogens is 1. The van der Waals surface area contributed by atoms with Gasteiger partial charge in [0.25, 0.3) is 5.91 Å². The summed E-state index contributed by atoms with van der Waals surface area (Å²) in [5.41, 5.74) is 8.76. The van der Waals surface area contributed by atoms with E-state index in [0.717, 1.165) is 5.56 Å². The first-order valence-electron chi connectivity index (χ1n) is 7.57. The minimum atomic E-state index is -0.268. The van der Waals surface area contributed by atoms with E-state index in [1.54, 1.807) is 30.3 Å². The molecule has 0 aliphatic rings. The summed E-state index contributed by atoms with van der Waals surface area (Å²) in [5, 5.41) is 12.8. The summed E-state index contributed by atoms with van der Waals surface area (Å²) in [6, 6.07) is 15.1. The molecule has 0 bridgehead atoms. The Balaban J connectivity index is 1.86. The zero-order chi connectivity index (χ0) is 18.0. The summed E-state index contributed by atoms with van der Waals surface area (Å²) in [4.78, 5) is 16.5. The van der Waals surface area contributed by atoms with Crippen LogP contribution >= 0.6 is 11.6 Å². The number of carbonyl (C=O) groups is 1. The number of phenolic OH excluding ortho intramolecular Hbond substituents is 1. The molecule has 0 aliphatic carbocycles. The van der Waals surface area contributed by atoms with E-state index >= 15 is 0 Å². The van der Waals surface area contributed by atoms with E-state index in [9.17, 15) is 9.90 Å². The Hall–Kier alpha value is -3.05. The third kappa shape index (κ3) is 3.72. The van der Waals surface area contributed by atoms with Gasteiger partial charge in [0, 0.05) is 21.7 Å². The molecule has 0 saturated heterocycles. The first-order valence-corrected chi connectivity index (χ1v) is 7.95. The van der Waals surface area contributed by atoms with Crippen LogP contribution in [0.4, 0.5) is 11.6 Å². The first kappa shape index (κ1) is 16.8. The van der Waals surface area contributed by atoms with Crippen LogP contribution in [0.15, 0.2) is 54.6 Å². The normalized spacial score (nSPS) is 10.5. The minimum absolute atomic E-state index is 0.0792. The summed E-state index contributed by atoms with van der Waals surface area (Å²) < 4.78 is 0. The molecule has 126 valence electrons. The molecule has 1 amide bonds. The van der Waals surface area contributed by atoms with Gasteiger partial charge in [-0.3, -0.25) is 4.79 Å². The Morgan fingerprint density at radius 1 is 1.08 bits per heavy atom. The maximum absolute atomic E-state index is 12.2. The second-order valence-electron chi connectivity index (χ2n) is 5.61. The molecular weight excluding hydrogens is 338 g/mol. The van der Waals surface area contributed by atoms with Crippen molar-refractivity contribution in [1.82, 2.24) is 4.98 Å². The fourth-order valence-electron chi connectivity index (χ4n) is 2.39. The van der Waals surface area contributed by atoms with Crippen molar-refractivity contribution >= 4 is 29.1 Å². The summed E-state index contributed by atoms with van der Waals surface area (Å²) >= 11 is 6.16. The Bertz CT molecular complexity index is 940. The summed E-state index contributed by atoms with van der Waals surface area (Å²) in [6.07, 6.45) is 0. The van der Waals surface area contributed by atoms with E-state index in [2.05, 4.69) is 10.3 Å². The number of nitrogen functional groups attached to an aromatic ring is 1. The van der Waals surface area contributed by atoms with Crippen LogP contribution < -0.4 is 11.1 Å². The van der Waals surface area contributed by atoms with Crippen LogP contribution in [0.5, 0.6) is 5.75 Å². The van der Waals surface area contributed by atoms with Gasteiger partial charge in [-0.15, -0.1) is 0 Å². The fourth-order valence-corrected chi connectivity index (χ4v) is 2.60. The second-order valence-corrected chi connectivity index (χ2v) is 6.02. The molecule has 0 spiro atoms. The molecule has 3 aromatic rings. The first-order chi connectivity index (χ1) is 11.9. The molecule has 0 aliphatic heterocycles. The third-order valence-corrected chi connectivity index (χ3v) is 4.05. The molecular formula is C19H16ClN3O2. The SMILES string of the molecule is Cc1ccc(C(=O)Nc2ccc(-c3cc(O)ccc3Cl)c(N)n2)cc1. The Morgan fingerprint density at radius 3 is 2.48 bits per heavy atom. The van der Waals surface area contributed by atoms with Crippen molar-refractivity contribution in [3.05, 3.63) is 70.7 Å². The van der Waals surface area contributed by atoms with Crippen LogP contribution in [-0.2, 0) is 0 Å². The highest BCUT2D eigenvalue weighted by atomic mass is 35.5. The van der Waals surface area contributed by atoms with Gasteiger partial charge in [0.1, 0.15) is 17.4 Å². The van der Waals surface area contributed by atoms with Gasteiger partial charge in [0.15, 0.2) is 0 Å². The Kier molecular flexibility index (Phi) is 4.59. The molecule has 5 nitrogen and oxygen atoms in total. The number of aromatic nitrogens is 1. The lowest BCUT2D eigenvalue weighted by atomic mass is 10.1. The van der Waals surface area contributed by atoms with E-state index < -0.39 is 0 Å². The number of benzene rings is 2. The van der Waals surface area contributed by atoms with E-state index in [4.69, 9.17) is 17.3 Å². The van der Waals surface area contributed by atoms with Gasteiger partial charge in [-0.25, -0.2) is 4.98 Å². The molecule has 0 radical (unpaired) electrons. The number of aromatic hydroxyl groups is 1. The van der Waals surface area contributed by atoms with Gasteiger partial charge in [0.05, 0.1) is 0 Å². The molecule has 1 heterocycles. The van der Waals surface area contributed by atoms with E-state index in [1.807, 2.05) is 19.1 Å². The summed E-state index contributed by atoms with van der Waals surface area (Å²) in [5.74, 6) is 0.350. The van der Waals surface area contributed by atoms with Crippen molar-refractivity contribution < 1.29 is 9.90 Å². The number of nitrogens with two attached hydrogens (primary N) is 1. The number of nitrogens with zero attached hydrogens (tertiary/aromatic N) is 1. The van der Waals surface area contributed by atoms with Crippen molar-refractivity contribution in [2.45, 2.75) is 6.92 Å². The predicted molar refractivity (Wildman–Crippen MR) is 99.9 cm³/mol.